The van der Waals surface area contributed by atoms with Gasteiger partial charge in [0.2, 0.25) is 0 Å². The fraction of sp³-hybridized carbons (Fsp3) is 0.185. The molecular weight excluding hydrogens is 907 g/mol. The van der Waals surface area contributed by atoms with Crippen LogP contribution in [-0.4, -0.2) is 74.7 Å². The zero-order chi connectivity index (χ0) is 42.0. The van der Waals surface area contributed by atoms with Crippen LogP contribution in [0, 0.1) is 0 Å². The van der Waals surface area contributed by atoms with Crippen LogP contribution in [-0.2, 0) is 65.5 Å². The largest absolute Gasteiger partial charge is 0.505 e. The Kier molecular flexibility index (Phi) is 19.4. The molecule has 0 radical (unpaired) electrons. The van der Waals surface area contributed by atoms with Crippen LogP contribution in [0.1, 0.15) is 0 Å². The maximum absolute atomic E-state index is 12.9. The number of benzene rings is 4. The summed E-state index contributed by atoms with van der Waals surface area (Å²) in [5.41, 5.74) is 0.464. The van der Waals surface area contributed by atoms with Crippen molar-refractivity contribution in [2.45, 2.75) is 14.7 Å². The Morgan fingerprint density at radius 1 is 0.638 bits per heavy atom. The van der Waals surface area contributed by atoms with Crippen molar-refractivity contribution in [1.82, 2.24) is 0 Å². The lowest BCUT2D eigenvalue weighted by Crippen LogP contribution is -2.11. The molecule has 316 valence electrons. The van der Waals surface area contributed by atoms with E-state index in [9.17, 15) is 21.9 Å². The summed E-state index contributed by atoms with van der Waals surface area (Å²) in [6, 6.07) is 13.3. The van der Waals surface area contributed by atoms with Crippen molar-refractivity contribution in [2.75, 3.05) is 37.1 Å². The minimum atomic E-state index is -4.00. The van der Waals surface area contributed by atoms with Gasteiger partial charge in [-0.15, -0.1) is 28.3 Å². The maximum Gasteiger partial charge on any atom is 0.261 e. The highest BCUT2D eigenvalue weighted by molar-refractivity contribution is 7.94. The lowest BCUT2D eigenvalue weighted by Gasteiger charge is -2.13. The van der Waals surface area contributed by atoms with Gasteiger partial charge in [-0.1, -0.05) is 24.5 Å². The number of hydrogen-bond donors (Lipinski definition) is 6. The molecule has 0 amide bonds. The summed E-state index contributed by atoms with van der Waals surface area (Å²) in [6.07, 6.45) is 0. The first kappa shape index (κ1) is 47.2. The van der Waals surface area contributed by atoms with Gasteiger partial charge < -0.3 is 14.6 Å². The minimum Gasteiger partial charge on any atom is -0.505 e. The van der Waals surface area contributed by atoms with Gasteiger partial charge in [0.05, 0.1) is 62.8 Å². The molecule has 4 aromatic carbocycles. The van der Waals surface area contributed by atoms with E-state index in [1.165, 1.54) is 48.5 Å². The normalized spacial score (nSPS) is 12.3. The summed E-state index contributed by atoms with van der Waals surface area (Å²) >= 11 is 0.974. The van der Waals surface area contributed by atoms with Gasteiger partial charge in [0.1, 0.15) is 17.1 Å². The maximum atomic E-state index is 12.9. The molecule has 6 N–H and O–H groups in total. The van der Waals surface area contributed by atoms with E-state index in [0.29, 0.717) is 17.7 Å². The first-order chi connectivity index (χ1) is 28.0. The molecule has 4 aromatic rings. The Labute approximate surface area is 343 Å². The van der Waals surface area contributed by atoms with Gasteiger partial charge in [-0.3, -0.25) is 8.37 Å². The van der Waals surface area contributed by atoms with E-state index >= 15 is 0 Å². The second kappa shape index (κ2) is 23.9. The third kappa shape index (κ3) is 13.5. The van der Waals surface area contributed by atoms with Crippen molar-refractivity contribution in [1.29, 1.82) is 0 Å². The van der Waals surface area contributed by atoms with Crippen molar-refractivity contribution >= 4 is 108 Å². The molecule has 58 heavy (non-hydrogen) atoms. The summed E-state index contributed by atoms with van der Waals surface area (Å²) in [5.74, 6) is -1.63. The molecule has 0 heterocycles. The van der Waals surface area contributed by atoms with Crippen LogP contribution in [0.15, 0.2) is 95.8 Å². The second-order valence-corrected chi connectivity index (χ2v) is 16.5. The van der Waals surface area contributed by atoms with E-state index in [1.807, 2.05) is 0 Å². The summed E-state index contributed by atoms with van der Waals surface area (Å²) in [6.45, 7) is -0.664. The molecule has 0 atom stereocenters. The zero-order valence-corrected chi connectivity index (χ0v) is 33.6. The highest BCUT2D eigenvalue weighted by atomic mass is 32.2. The fourth-order valence-electron chi connectivity index (χ4n) is 4.41. The molecule has 0 saturated heterocycles. The van der Waals surface area contributed by atoms with Crippen molar-refractivity contribution in [3.05, 3.63) is 60.7 Å². The van der Waals surface area contributed by atoms with Gasteiger partial charge in [0, 0.05) is 23.9 Å². The van der Waals surface area contributed by atoms with Gasteiger partial charge in [-0.25, -0.2) is 37.9 Å². The van der Waals surface area contributed by atoms with E-state index in [-0.39, 0.29) is 104 Å². The standard InChI is InChI=1S/C27H27N5O20S6/c1-28-22-9-7-19-20(25(22)31-30-21-8-6-18(14-23(21)44-56-52-48-37)58(40,41)13-11-43-55-51-47-36)15-24(53-49-45-34)26(27(19)33)32-29-16-2-4-17(5-3-16)57(38,39)12-10-42-54-50-46-35/h2-9,14-15,28,33-37H,10-13H2,1H3. The quantitative estimate of drug-likeness (QED) is 0.0115. The molecule has 0 aliphatic rings. The molecule has 0 aliphatic carbocycles. The third-order valence-corrected chi connectivity index (χ3v) is 12.0. The van der Waals surface area contributed by atoms with Crippen LogP contribution in [0.2, 0.25) is 0 Å². The molecule has 0 spiro atoms. The first-order valence-electron chi connectivity index (χ1n) is 15.0. The summed E-state index contributed by atoms with van der Waals surface area (Å²) in [7, 11) is -6.21. The Morgan fingerprint density at radius 3 is 1.84 bits per heavy atom. The van der Waals surface area contributed by atoms with Crippen LogP contribution < -0.4 is 9.50 Å². The van der Waals surface area contributed by atoms with Crippen LogP contribution in [0.25, 0.3) is 10.8 Å². The van der Waals surface area contributed by atoms with E-state index in [0.717, 1.165) is 6.07 Å². The summed E-state index contributed by atoms with van der Waals surface area (Å²) in [4.78, 5) is -0.272. The predicted molar refractivity (Wildman–Crippen MR) is 201 cm³/mol. The molecule has 25 nitrogen and oxygen atoms in total. The van der Waals surface area contributed by atoms with Crippen molar-refractivity contribution in [3.63, 3.8) is 0 Å². The lowest BCUT2D eigenvalue weighted by atomic mass is 10.1. The van der Waals surface area contributed by atoms with Gasteiger partial charge >= 0.3 is 0 Å². The SMILES string of the molecule is CNc1ccc2c(O)c(N=Nc3ccc(S(=O)(=O)CCOSOOO)cc3)c(SOOO)cc2c1N=Nc1ccc(S(=O)(=O)CCOSOOO)cc1OSOOO. The molecule has 0 aliphatic heterocycles. The molecular formula is C27H27N5O20S6. The van der Waals surface area contributed by atoms with Crippen molar-refractivity contribution < 1.29 is 93.0 Å². The number of anilines is 1. The molecule has 0 saturated carbocycles. The van der Waals surface area contributed by atoms with Gasteiger partial charge in [0.15, 0.2) is 55.8 Å². The number of aromatic hydroxyl groups is 1. The third-order valence-electron chi connectivity index (χ3n) is 6.90. The van der Waals surface area contributed by atoms with E-state index in [2.05, 4.69) is 63.3 Å². The second-order valence-electron chi connectivity index (χ2n) is 10.1. The molecule has 0 fully saturated rings. The van der Waals surface area contributed by atoms with Crippen LogP contribution >= 0.6 is 49.0 Å². The molecule has 0 unspecified atom stereocenters. The fourth-order valence-corrected chi connectivity index (χ4v) is 7.99. The van der Waals surface area contributed by atoms with Crippen molar-refractivity contribution in [2.24, 2.45) is 20.5 Å². The molecule has 4 rings (SSSR count). The summed E-state index contributed by atoms with van der Waals surface area (Å²) < 4.78 is 83.0. The predicted octanol–water partition coefficient (Wildman–Crippen LogP) is 7.76. The number of nitrogens with one attached hydrogen (secondary N) is 1. The number of phenols is 1. The monoisotopic (exact) mass is 933 g/mol. The van der Waals surface area contributed by atoms with E-state index in [1.54, 1.807) is 13.1 Å². The first-order valence-corrected chi connectivity index (χ1v) is 21.1. The van der Waals surface area contributed by atoms with Gasteiger partial charge in [0.25, 0.3) is 12.3 Å². The number of nitrogens with zero attached hydrogens (tertiary/aromatic N) is 4. The smallest absolute Gasteiger partial charge is 0.261 e. The average Bonchev–Trinajstić information content (AvgIpc) is 3.22. The molecule has 0 aromatic heterocycles. The van der Waals surface area contributed by atoms with Crippen LogP contribution in [0.5, 0.6) is 11.5 Å². The summed E-state index contributed by atoms with van der Waals surface area (Å²) in [5, 5.41) is 79.2. The number of azo groups is 2. The minimum absolute atomic E-state index is 0.0362. The number of phenolic OH excluding ortho intramolecular Hbond substituents is 1. The zero-order valence-electron chi connectivity index (χ0n) is 28.7. The number of fused-ring (bicyclic) bond motifs is 1. The number of rotatable bonds is 26. The molecule has 0 bridgehead atoms. The van der Waals surface area contributed by atoms with Crippen LogP contribution in [0.3, 0.4) is 0 Å². The van der Waals surface area contributed by atoms with Gasteiger partial charge in [-0.2, -0.15) is 5.11 Å². The van der Waals surface area contributed by atoms with Crippen LogP contribution in [0.4, 0.5) is 28.4 Å². The van der Waals surface area contributed by atoms with Gasteiger partial charge in [-0.05, 0) is 54.6 Å². The highest BCUT2D eigenvalue weighted by Crippen LogP contribution is 2.48. The number of sulfone groups is 2. The van der Waals surface area contributed by atoms with E-state index < -0.39 is 36.9 Å². The highest BCUT2D eigenvalue weighted by Gasteiger charge is 2.21. The van der Waals surface area contributed by atoms with E-state index in [4.69, 9.17) is 33.6 Å². The Bertz CT molecular complexity index is 2240. The van der Waals surface area contributed by atoms with Crippen molar-refractivity contribution in [3.8, 4) is 11.5 Å². The molecule has 31 heteroatoms. The average molecular weight is 934 g/mol. The topological polar surface area (TPSA) is 332 Å². The lowest BCUT2D eigenvalue weighted by molar-refractivity contribution is -0.434. The Balaban J connectivity index is 1.69. The Morgan fingerprint density at radius 2 is 1.22 bits per heavy atom. The Hall–Kier alpha value is -3.52. The number of hydrogen-bond acceptors (Lipinski definition) is 29.